The molecule has 114 valence electrons. The summed E-state index contributed by atoms with van der Waals surface area (Å²) in [6.45, 7) is 0. The van der Waals surface area contributed by atoms with Gasteiger partial charge in [-0.15, -0.1) is 0 Å². The summed E-state index contributed by atoms with van der Waals surface area (Å²) >= 11 is 5.64. The van der Waals surface area contributed by atoms with Gasteiger partial charge >= 0.3 is 5.97 Å². The van der Waals surface area contributed by atoms with E-state index in [-0.39, 0.29) is 17.5 Å². The number of halogens is 2. The maximum Gasteiger partial charge on any atom is 0.308 e. The quantitative estimate of drug-likeness (QED) is 0.919. The lowest BCUT2D eigenvalue weighted by atomic mass is 9.89. The normalized spacial score (nSPS) is 29.0. The van der Waals surface area contributed by atoms with Crippen molar-refractivity contribution < 1.29 is 22.7 Å². The smallest absolute Gasteiger partial charge is 0.308 e. The van der Waals surface area contributed by atoms with Crippen molar-refractivity contribution in [1.29, 1.82) is 0 Å². The molecule has 0 aromatic heterocycles. The number of rotatable bonds is 3. The molecule has 2 bridgehead atoms. The van der Waals surface area contributed by atoms with Crippen LogP contribution in [-0.2, 0) is 14.8 Å². The number of hydrogen-bond acceptors (Lipinski definition) is 3. The fourth-order valence-corrected chi connectivity index (χ4v) is 5.61. The van der Waals surface area contributed by atoms with Crippen LogP contribution in [0.5, 0.6) is 0 Å². The highest BCUT2D eigenvalue weighted by Gasteiger charge is 2.54. The molecule has 0 spiro atoms. The molecule has 3 unspecified atom stereocenters. The van der Waals surface area contributed by atoms with Gasteiger partial charge in [0.1, 0.15) is 4.90 Å². The highest BCUT2D eigenvalue weighted by atomic mass is 35.5. The molecule has 0 amide bonds. The molecule has 2 aliphatic rings. The van der Waals surface area contributed by atoms with Crippen molar-refractivity contribution in [3.8, 4) is 0 Å². The van der Waals surface area contributed by atoms with E-state index in [1.54, 1.807) is 0 Å². The number of hydrogen-bond donors (Lipinski definition) is 1. The number of nitrogens with zero attached hydrogens (tertiary/aromatic N) is 1. The SMILES string of the molecule is O=C(O)C1CC2CCC1N2S(=O)(=O)c1cccc(Cl)c1F. The molecule has 0 saturated carbocycles. The highest BCUT2D eigenvalue weighted by Crippen LogP contribution is 2.45. The summed E-state index contributed by atoms with van der Waals surface area (Å²) in [6.07, 6.45) is 1.38. The van der Waals surface area contributed by atoms with Gasteiger partial charge in [-0.25, -0.2) is 12.8 Å². The molecule has 3 rings (SSSR count). The fourth-order valence-electron chi connectivity index (χ4n) is 3.38. The second kappa shape index (κ2) is 4.93. The number of aliphatic carboxylic acids is 1. The first-order chi connectivity index (χ1) is 9.84. The van der Waals surface area contributed by atoms with Gasteiger partial charge in [-0.3, -0.25) is 4.79 Å². The van der Waals surface area contributed by atoms with Crippen LogP contribution in [0, 0.1) is 11.7 Å². The van der Waals surface area contributed by atoms with E-state index in [0.29, 0.717) is 12.8 Å². The summed E-state index contributed by atoms with van der Waals surface area (Å²) < 4.78 is 40.5. The van der Waals surface area contributed by atoms with E-state index in [0.717, 1.165) is 6.07 Å². The Kier molecular flexibility index (Phi) is 3.46. The van der Waals surface area contributed by atoms with E-state index in [1.165, 1.54) is 16.4 Å². The molecular weight excluding hydrogens is 321 g/mol. The molecular formula is C13H13ClFNO4S. The van der Waals surface area contributed by atoms with Gasteiger partial charge in [0.05, 0.1) is 10.9 Å². The van der Waals surface area contributed by atoms with Gasteiger partial charge in [0.25, 0.3) is 0 Å². The van der Waals surface area contributed by atoms with Crippen LogP contribution < -0.4 is 0 Å². The second-order valence-electron chi connectivity index (χ2n) is 5.37. The Morgan fingerprint density at radius 3 is 2.71 bits per heavy atom. The summed E-state index contributed by atoms with van der Waals surface area (Å²) in [5.74, 6) is -2.72. The van der Waals surface area contributed by atoms with Gasteiger partial charge in [-0.1, -0.05) is 17.7 Å². The minimum atomic E-state index is -4.08. The van der Waals surface area contributed by atoms with Crippen molar-refractivity contribution in [3.63, 3.8) is 0 Å². The predicted molar refractivity (Wildman–Crippen MR) is 73.0 cm³/mol. The zero-order valence-corrected chi connectivity index (χ0v) is 12.4. The third kappa shape index (κ3) is 2.15. The molecule has 1 aromatic rings. The van der Waals surface area contributed by atoms with Crippen molar-refractivity contribution in [3.05, 3.63) is 29.0 Å². The maximum absolute atomic E-state index is 14.0. The van der Waals surface area contributed by atoms with Crippen molar-refractivity contribution >= 4 is 27.6 Å². The first kappa shape index (κ1) is 14.7. The number of benzene rings is 1. The fraction of sp³-hybridized carbons (Fsp3) is 0.462. The van der Waals surface area contributed by atoms with Crippen molar-refractivity contribution in [1.82, 2.24) is 4.31 Å². The first-order valence-electron chi connectivity index (χ1n) is 6.54. The van der Waals surface area contributed by atoms with E-state index in [1.807, 2.05) is 0 Å². The Balaban J connectivity index is 2.04. The van der Waals surface area contributed by atoms with Gasteiger partial charge < -0.3 is 5.11 Å². The van der Waals surface area contributed by atoms with Gasteiger partial charge in [-0.2, -0.15) is 4.31 Å². The van der Waals surface area contributed by atoms with E-state index in [4.69, 9.17) is 11.6 Å². The molecule has 2 aliphatic heterocycles. The maximum atomic E-state index is 14.0. The zero-order chi connectivity index (χ0) is 15.4. The third-order valence-corrected chi connectivity index (χ3v) is 6.55. The van der Waals surface area contributed by atoms with Crippen LogP contribution in [0.3, 0.4) is 0 Å². The van der Waals surface area contributed by atoms with Crippen LogP contribution in [-0.4, -0.2) is 35.9 Å². The average molecular weight is 334 g/mol. The van der Waals surface area contributed by atoms with E-state index < -0.39 is 38.7 Å². The van der Waals surface area contributed by atoms with Crippen LogP contribution >= 0.6 is 11.6 Å². The molecule has 2 saturated heterocycles. The summed E-state index contributed by atoms with van der Waals surface area (Å²) in [6, 6.07) is 2.82. The van der Waals surface area contributed by atoms with E-state index in [2.05, 4.69) is 0 Å². The van der Waals surface area contributed by atoms with Crippen LogP contribution in [0.25, 0.3) is 0 Å². The number of carboxylic acid groups (broad SMARTS) is 1. The molecule has 3 atom stereocenters. The Labute approximate surface area is 126 Å². The van der Waals surface area contributed by atoms with Crippen LogP contribution in [0.2, 0.25) is 5.02 Å². The summed E-state index contributed by atoms with van der Waals surface area (Å²) in [5.41, 5.74) is 0. The topological polar surface area (TPSA) is 74.7 Å². The van der Waals surface area contributed by atoms with Gasteiger partial charge in [-0.05, 0) is 31.4 Å². The molecule has 0 aliphatic carbocycles. The Bertz CT molecular complexity index is 708. The molecule has 21 heavy (non-hydrogen) atoms. The molecule has 8 heteroatoms. The van der Waals surface area contributed by atoms with Crippen molar-refractivity contribution in [2.75, 3.05) is 0 Å². The molecule has 1 N–H and O–H groups in total. The van der Waals surface area contributed by atoms with E-state index in [9.17, 15) is 22.7 Å². The predicted octanol–water partition coefficient (Wildman–Crippen LogP) is 2.11. The third-order valence-electron chi connectivity index (χ3n) is 4.26. The van der Waals surface area contributed by atoms with Gasteiger partial charge in [0, 0.05) is 12.1 Å². The second-order valence-corrected chi connectivity index (χ2v) is 7.58. The largest absolute Gasteiger partial charge is 0.481 e. The molecule has 2 heterocycles. The average Bonchev–Trinajstić information content (AvgIpc) is 2.99. The molecule has 2 fully saturated rings. The Morgan fingerprint density at radius 1 is 1.38 bits per heavy atom. The van der Waals surface area contributed by atoms with Gasteiger partial charge in [0.2, 0.25) is 10.0 Å². The monoisotopic (exact) mass is 333 g/mol. The number of carbonyl (C=O) groups is 1. The zero-order valence-electron chi connectivity index (χ0n) is 10.9. The number of sulfonamides is 1. The lowest BCUT2D eigenvalue weighted by Crippen LogP contribution is -2.38. The number of fused-ring (bicyclic) bond motifs is 2. The Morgan fingerprint density at radius 2 is 2.10 bits per heavy atom. The Hall–Kier alpha value is -1.18. The summed E-state index contributed by atoms with van der Waals surface area (Å²) in [4.78, 5) is 10.7. The number of carboxylic acids is 1. The highest BCUT2D eigenvalue weighted by molar-refractivity contribution is 7.89. The molecule has 0 radical (unpaired) electrons. The van der Waals surface area contributed by atoms with Crippen LogP contribution in [0.4, 0.5) is 4.39 Å². The van der Waals surface area contributed by atoms with Gasteiger partial charge in [0.15, 0.2) is 5.82 Å². The summed E-state index contributed by atoms with van der Waals surface area (Å²) in [5, 5.41) is 8.91. The van der Waals surface area contributed by atoms with Crippen molar-refractivity contribution in [2.45, 2.75) is 36.2 Å². The van der Waals surface area contributed by atoms with E-state index >= 15 is 0 Å². The van der Waals surface area contributed by atoms with Crippen molar-refractivity contribution in [2.24, 2.45) is 5.92 Å². The minimum Gasteiger partial charge on any atom is -0.481 e. The minimum absolute atomic E-state index is 0.266. The standard InChI is InChI=1S/C13H13ClFNO4S/c14-9-2-1-3-11(12(9)15)21(19,20)16-7-4-5-10(16)8(6-7)13(17)18/h1-3,7-8,10H,4-6H2,(H,17,18). The van der Waals surface area contributed by atoms with Crippen LogP contribution in [0.1, 0.15) is 19.3 Å². The molecule has 1 aromatic carbocycles. The molecule has 5 nitrogen and oxygen atoms in total. The van der Waals surface area contributed by atoms with Crippen LogP contribution in [0.15, 0.2) is 23.1 Å². The lowest BCUT2D eigenvalue weighted by molar-refractivity contribution is -0.142. The summed E-state index contributed by atoms with van der Waals surface area (Å²) in [7, 11) is -4.08. The first-order valence-corrected chi connectivity index (χ1v) is 8.36. The lowest BCUT2D eigenvalue weighted by Gasteiger charge is -2.22.